The van der Waals surface area contributed by atoms with Crippen LogP contribution in [0, 0.1) is 50.2 Å². The van der Waals surface area contributed by atoms with Crippen LogP contribution in [0.3, 0.4) is 0 Å². The van der Waals surface area contributed by atoms with Crippen molar-refractivity contribution < 1.29 is 83.6 Å². The zero-order valence-electron chi connectivity index (χ0n) is 39.3. The molecule has 17 heteroatoms. The summed E-state index contributed by atoms with van der Waals surface area (Å²) in [6, 6.07) is 0. The van der Waals surface area contributed by atoms with Gasteiger partial charge in [0, 0.05) is 12.3 Å². The Labute approximate surface area is 382 Å². The second-order valence-electron chi connectivity index (χ2n) is 23.0. The second kappa shape index (κ2) is 17.5. The molecule has 3 aliphatic heterocycles. The Morgan fingerprint density at radius 3 is 1.97 bits per heavy atom. The molecule has 3 saturated heterocycles. The number of carbonyl (C=O) groups excluding carboxylic acids is 1. The van der Waals surface area contributed by atoms with Gasteiger partial charge in [0.15, 0.2) is 25.0 Å². The summed E-state index contributed by atoms with van der Waals surface area (Å²) in [4.78, 5) is 25.0. The lowest BCUT2D eigenvalue weighted by Gasteiger charge is -2.71. The molecular formula is C48H76O17. The van der Waals surface area contributed by atoms with Crippen molar-refractivity contribution in [1.82, 2.24) is 0 Å². The summed E-state index contributed by atoms with van der Waals surface area (Å²) in [6.07, 6.45) is -9.39. The van der Waals surface area contributed by atoms with E-state index in [9.17, 15) is 50.4 Å². The number of allylic oxidation sites excluding steroid dienone is 2. The lowest BCUT2D eigenvalue weighted by Crippen LogP contribution is -2.67. The van der Waals surface area contributed by atoms with Crippen LogP contribution in [0.5, 0.6) is 0 Å². The highest BCUT2D eigenvalue weighted by atomic mass is 16.8. The lowest BCUT2D eigenvalue weighted by molar-refractivity contribution is -0.379. The molecule has 3 heterocycles. The molecule has 22 atom stereocenters. The van der Waals surface area contributed by atoms with Crippen molar-refractivity contribution in [3.63, 3.8) is 0 Å². The first kappa shape index (κ1) is 49.6. The highest BCUT2D eigenvalue weighted by Crippen LogP contribution is 2.76. The number of aliphatic hydroxyl groups excluding tert-OH is 7. The van der Waals surface area contributed by atoms with E-state index in [-0.39, 0.29) is 52.6 Å². The van der Waals surface area contributed by atoms with E-state index in [1.165, 1.54) is 12.5 Å². The number of esters is 1. The largest absolute Gasteiger partial charge is 0.481 e. The van der Waals surface area contributed by atoms with Crippen LogP contribution in [-0.4, -0.2) is 159 Å². The smallest absolute Gasteiger partial charge is 0.310 e. The predicted octanol–water partition coefficient (Wildman–Crippen LogP) is 2.56. The molecule has 8 rings (SSSR count). The Hall–Kier alpha value is -1.84. The standard InChI is InChI=1S/C48H76O17/c1-23-32(53)36(64-41-37(62-24(2)50)33(54)27(51)21-60-41)35(56)39(61-23)65-38-34(55)28(52)20-59-40(38)63-31-12-13-44(5)29(45(31,6)22-49)11-14-47(8)30(44)10-9-25-26-19-43(3,4)15-17-48(26,42(57)58)18-16-46(25,47)7/h9,23,26-41,49,51-56H,10-22H2,1-8H3,(H,57,58)/t23-,26-,27-,28-,29+,30+,31-,32-,33-,34-,35+,36+,37+,38+,39-,40-,41-,44-,45-,46+,47+,48-/m0/s1. The highest BCUT2D eigenvalue weighted by molar-refractivity contribution is 5.76. The molecule has 17 nitrogen and oxygen atoms in total. The summed E-state index contributed by atoms with van der Waals surface area (Å²) in [7, 11) is 0. The summed E-state index contributed by atoms with van der Waals surface area (Å²) in [5.41, 5.74) is -0.589. The van der Waals surface area contributed by atoms with Crippen molar-refractivity contribution in [2.75, 3.05) is 19.8 Å². The molecule has 5 aliphatic carbocycles. The zero-order valence-corrected chi connectivity index (χ0v) is 39.3. The van der Waals surface area contributed by atoms with Gasteiger partial charge in [-0.25, -0.2) is 0 Å². The van der Waals surface area contributed by atoms with Crippen molar-refractivity contribution in [3.8, 4) is 0 Å². The maximum absolute atomic E-state index is 13.1. The van der Waals surface area contributed by atoms with E-state index in [2.05, 4.69) is 47.6 Å². The number of rotatable bonds is 9. The first-order valence-corrected chi connectivity index (χ1v) is 24.0. The predicted molar refractivity (Wildman–Crippen MR) is 228 cm³/mol. The SMILES string of the molecule is CC(=O)O[C@H]1[C@H](O[C@@H]2[C@@H](O)[C@H](C)O[C@@H](O[C@H]3[C@H](O[C@H]4CC[C@@]5(C)[C@@H](CC[C@]6(C)[C@@H]5CC=C5[C@@H]7CC(C)(C)CC[C@]7(C(=O)O)CC[C@]56C)[C@]4(C)CO)OC[C@H](O)[C@@H]3O)[C@@H]2O)OC[C@H](O)[C@@H]1O. The van der Waals surface area contributed by atoms with Gasteiger partial charge in [-0.3, -0.25) is 9.59 Å². The van der Waals surface area contributed by atoms with E-state index in [0.29, 0.717) is 19.3 Å². The number of carboxylic acids is 1. The third kappa shape index (κ3) is 7.96. The van der Waals surface area contributed by atoms with Gasteiger partial charge in [-0.1, -0.05) is 53.2 Å². The Morgan fingerprint density at radius 2 is 1.34 bits per heavy atom. The maximum Gasteiger partial charge on any atom is 0.310 e. The molecule has 0 bridgehead atoms. The molecule has 0 radical (unpaired) electrons. The summed E-state index contributed by atoms with van der Waals surface area (Å²) in [5, 5.41) is 88.1. The molecule has 8 aliphatic rings. The van der Waals surface area contributed by atoms with E-state index in [1.54, 1.807) is 0 Å². The number of hydrogen-bond acceptors (Lipinski definition) is 16. The van der Waals surface area contributed by atoms with E-state index >= 15 is 0 Å². The van der Waals surface area contributed by atoms with Gasteiger partial charge in [0.2, 0.25) is 0 Å². The highest BCUT2D eigenvalue weighted by Gasteiger charge is 2.70. The molecular weight excluding hydrogens is 849 g/mol. The average molecular weight is 925 g/mol. The summed E-state index contributed by atoms with van der Waals surface area (Å²) >= 11 is 0. The number of carboxylic acid groups (broad SMARTS) is 1. The van der Waals surface area contributed by atoms with Gasteiger partial charge < -0.3 is 74.0 Å². The van der Waals surface area contributed by atoms with Crippen LogP contribution in [0.4, 0.5) is 0 Å². The van der Waals surface area contributed by atoms with Crippen molar-refractivity contribution in [2.45, 2.75) is 206 Å². The van der Waals surface area contributed by atoms with Gasteiger partial charge in [-0.15, -0.1) is 0 Å². The molecule has 0 unspecified atom stereocenters. The maximum atomic E-state index is 13.1. The minimum atomic E-state index is -1.77. The molecule has 0 amide bonds. The molecule has 0 aromatic carbocycles. The van der Waals surface area contributed by atoms with Gasteiger partial charge in [-0.2, -0.15) is 0 Å². The van der Waals surface area contributed by atoms with Gasteiger partial charge in [0.25, 0.3) is 0 Å². The molecule has 7 fully saturated rings. The number of ether oxygens (including phenoxy) is 7. The van der Waals surface area contributed by atoms with E-state index < -0.39 is 115 Å². The average Bonchev–Trinajstić information content (AvgIpc) is 3.24. The topological polar surface area (TPSA) is 261 Å². The number of aliphatic hydroxyl groups is 7. The summed E-state index contributed by atoms with van der Waals surface area (Å²) in [6.45, 7) is 15.6. The fraction of sp³-hybridized carbons (Fsp3) is 0.917. The van der Waals surface area contributed by atoms with E-state index in [0.717, 1.165) is 51.9 Å². The zero-order chi connectivity index (χ0) is 47.4. The molecule has 0 spiro atoms. The van der Waals surface area contributed by atoms with Gasteiger partial charge >= 0.3 is 11.9 Å². The molecule has 370 valence electrons. The van der Waals surface area contributed by atoms with Crippen LogP contribution in [0.25, 0.3) is 0 Å². The number of carbonyl (C=O) groups is 2. The fourth-order valence-electron chi connectivity index (χ4n) is 14.8. The molecule has 4 saturated carbocycles. The first-order chi connectivity index (χ1) is 30.4. The third-order valence-electron chi connectivity index (χ3n) is 19.0. The first-order valence-electron chi connectivity index (χ1n) is 24.0. The molecule has 8 N–H and O–H groups in total. The van der Waals surface area contributed by atoms with Crippen LogP contribution in [0.2, 0.25) is 0 Å². The summed E-state index contributed by atoms with van der Waals surface area (Å²) in [5.74, 6) is -1.17. The Morgan fingerprint density at radius 1 is 0.723 bits per heavy atom. The quantitative estimate of drug-likeness (QED) is 0.0939. The number of hydrogen-bond donors (Lipinski definition) is 8. The normalized spacial score (nSPS) is 53.0. The van der Waals surface area contributed by atoms with Crippen molar-refractivity contribution >= 4 is 11.9 Å². The molecule has 65 heavy (non-hydrogen) atoms. The van der Waals surface area contributed by atoms with Crippen LogP contribution in [-0.2, 0) is 42.7 Å². The van der Waals surface area contributed by atoms with Crippen LogP contribution in [0.1, 0.15) is 120 Å². The van der Waals surface area contributed by atoms with Gasteiger partial charge in [0.1, 0.15) is 48.8 Å². The Bertz CT molecular complexity index is 1810. The van der Waals surface area contributed by atoms with Crippen LogP contribution >= 0.6 is 0 Å². The Balaban J connectivity index is 1.01. The number of aliphatic carboxylic acids is 1. The lowest BCUT2D eigenvalue weighted by atomic mass is 9.33. The van der Waals surface area contributed by atoms with E-state index in [1.807, 2.05) is 0 Å². The van der Waals surface area contributed by atoms with E-state index in [4.69, 9.17) is 33.2 Å². The molecule has 0 aromatic rings. The fourth-order valence-corrected chi connectivity index (χ4v) is 14.8. The van der Waals surface area contributed by atoms with Crippen molar-refractivity contribution in [3.05, 3.63) is 11.6 Å². The Kier molecular flexibility index (Phi) is 13.4. The summed E-state index contributed by atoms with van der Waals surface area (Å²) < 4.78 is 41.7. The van der Waals surface area contributed by atoms with Crippen molar-refractivity contribution in [2.24, 2.45) is 50.2 Å². The third-order valence-corrected chi connectivity index (χ3v) is 19.0. The minimum Gasteiger partial charge on any atom is -0.481 e. The van der Waals surface area contributed by atoms with Crippen molar-refractivity contribution in [1.29, 1.82) is 0 Å². The molecule has 0 aromatic heterocycles. The van der Waals surface area contributed by atoms with Crippen LogP contribution < -0.4 is 0 Å². The monoisotopic (exact) mass is 925 g/mol. The van der Waals surface area contributed by atoms with Gasteiger partial charge in [0.05, 0.1) is 37.4 Å². The minimum absolute atomic E-state index is 0.00129. The second-order valence-corrected chi connectivity index (χ2v) is 23.0. The van der Waals surface area contributed by atoms with Crippen LogP contribution in [0.15, 0.2) is 11.6 Å². The van der Waals surface area contributed by atoms with Gasteiger partial charge in [-0.05, 0) is 111 Å². The number of fused-ring (bicyclic) bond motifs is 7.